The summed E-state index contributed by atoms with van der Waals surface area (Å²) in [5, 5.41) is 8.85. The molecular weight excluding hydrogens is 168 g/mol. The topological polar surface area (TPSA) is 55.1 Å². The first-order chi connectivity index (χ1) is 5.11. The van der Waals surface area contributed by atoms with Gasteiger partial charge in [-0.3, -0.25) is 4.79 Å². The van der Waals surface area contributed by atoms with E-state index in [1.807, 2.05) is 0 Å². The molecule has 0 aromatic carbocycles. The minimum absolute atomic E-state index is 0.0940. The van der Waals surface area contributed by atoms with Gasteiger partial charge in [-0.1, -0.05) is 11.6 Å². The molecule has 0 atom stereocenters. The molecule has 0 aliphatic heterocycles. The fourth-order valence-corrected chi connectivity index (χ4v) is 0.870. The Morgan fingerprint density at radius 2 is 2.55 bits per heavy atom. The van der Waals surface area contributed by atoms with Gasteiger partial charge in [0.2, 0.25) is 0 Å². The molecule has 60 valence electrons. The lowest BCUT2D eigenvalue weighted by molar-refractivity contribution is -0.136. The molecule has 11 heavy (non-hydrogen) atoms. The number of hydrogen-bond acceptors (Lipinski definition) is 2. The second-order valence-corrected chi connectivity index (χ2v) is 2.51. The highest BCUT2D eigenvalue weighted by Gasteiger charge is 2.07. The number of aromatic nitrogens is 2. The molecule has 0 aliphatic carbocycles. The molecule has 1 heterocycles. The number of carbonyl (C=O) groups is 1. The Morgan fingerprint density at radius 3 is 2.91 bits per heavy atom. The third kappa shape index (κ3) is 1.71. The van der Waals surface area contributed by atoms with E-state index in [4.69, 9.17) is 16.7 Å². The molecule has 4 nitrogen and oxygen atoms in total. The highest BCUT2D eigenvalue weighted by Crippen LogP contribution is 2.08. The lowest BCUT2D eigenvalue weighted by Crippen LogP contribution is -2.06. The van der Waals surface area contributed by atoms with Gasteiger partial charge in [0.25, 0.3) is 0 Å². The van der Waals surface area contributed by atoms with Gasteiger partial charge in [-0.25, -0.2) is 4.98 Å². The molecule has 1 rings (SSSR count). The monoisotopic (exact) mass is 174 g/mol. The number of hydrogen-bond donors (Lipinski definition) is 1. The third-order valence-electron chi connectivity index (χ3n) is 1.34. The van der Waals surface area contributed by atoms with E-state index >= 15 is 0 Å². The van der Waals surface area contributed by atoms with Crippen LogP contribution in [0.4, 0.5) is 0 Å². The fourth-order valence-electron chi connectivity index (χ4n) is 0.724. The molecule has 0 amide bonds. The van der Waals surface area contributed by atoms with E-state index in [9.17, 15) is 4.79 Å². The Hall–Kier alpha value is -1.03. The van der Waals surface area contributed by atoms with Crippen LogP contribution < -0.4 is 0 Å². The lowest BCUT2D eigenvalue weighted by atomic mass is 10.4. The van der Waals surface area contributed by atoms with Crippen molar-refractivity contribution in [1.82, 2.24) is 9.55 Å². The van der Waals surface area contributed by atoms with Gasteiger partial charge in [0, 0.05) is 7.05 Å². The molecular formula is C6H7ClN2O2. The van der Waals surface area contributed by atoms with Gasteiger partial charge in [0.1, 0.15) is 17.4 Å². The molecule has 0 spiro atoms. The predicted octanol–water partition coefficient (Wildman–Crippen LogP) is 0.701. The van der Waals surface area contributed by atoms with Crippen LogP contribution in [0.5, 0.6) is 0 Å². The number of halogens is 1. The van der Waals surface area contributed by atoms with Gasteiger partial charge >= 0.3 is 5.97 Å². The van der Waals surface area contributed by atoms with Crippen molar-refractivity contribution in [2.24, 2.45) is 7.05 Å². The van der Waals surface area contributed by atoms with E-state index in [2.05, 4.69) is 4.98 Å². The Bertz CT molecular complexity index is 282. The van der Waals surface area contributed by atoms with Crippen LogP contribution in [0, 0.1) is 0 Å². The van der Waals surface area contributed by atoms with E-state index < -0.39 is 5.97 Å². The molecule has 0 bridgehead atoms. The summed E-state index contributed by atoms with van der Waals surface area (Å²) in [6.45, 7) is 0. The summed E-state index contributed by atoms with van der Waals surface area (Å²) >= 11 is 5.62. The van der Waals surface area contributed by atoms with E-state index in [0.717, 1.165) is 0 Å². The van der Waals surface area contributed by atoms with Crippen molar-refractivity contribution in [3.63, 3.8) is 0 Å². The van der Waals surface area contributed by atoms with Crippen molar-refractivity contribution >= 4 is 17.6 Å². The van der Waals surface area contributed by atoms with Crippen molar-refractivity contribution in [3.8, 4) is 0 Å². The average Bonchev–Trinajstić information content (AvgIpc) is 2.18. The minimum Gasteiger partial charge on any atom is -0.481 e. The zero-order chi connectivity index (χ0) is 8.43. The summed E-state index contributed by atoms with van der Waals surface area (Å²) in [6.07, 6.45) is 1.34. The molecule has 1 N–H and O–H groups in total. The maximum absolute atomic E-state index is 10.2. The minimum atomic E-state index is -0.907. The second kappa shape index (κ2) is 2.92. The highest BCUT2D eigenvalue weighted by molar-refractivity contribution is 6.29. The van der Waals surface area contributed by atoms with E-state index in [0.29, 0.717) is 11.0 Å². The predicted molar refractivity (Wildman–Crippen MR) is 39.6 cm³/mol. The van der Waals surface area contributed by atoms with Gasteiger partial charge in [-0.15, -0.1) is 0 Å². The van der Waals surface area contributed by atoms with Crippen LogP contribution in [0.25, 0.3) is 0 Å². The van der Waals surface area contributed by atoms with Crippen LogP contribution in [0.15, 0.2) is 6.20 Å². The quantitative estimate of drug-likeness (QED) is 0.718. The van der Waals surface area contributed by atoms with Gasteiger partial charge in [0.05, 0.1) is 6.20 Å². The summed E-state index contributed by atoms with van der Waals surface area (Å²) in [7, 11) is 1.67. The first-order valence-corrected chi connectivity index (χ1v) is 3.37. The number of nitrogens with zero attached hydrogens (tertiary/aromatic N) is 2. The van der Waals surface area contributed by atoms with Gasteiger partial charge in [-0.05, 0) is 0 Å². The van der Waals surface area contributed by atoms with Crippen molar-refractivity contribution in [3.05, 3.63) is 17.2 Å². The van der Waals surface area contributed by atoms with Crippen LogP contribution >= 0.6 is 11.6 Å². The molecule has 0 saturated carbocycles. The molecule has 5 heteroatoms. The molecule has 0 unspecified atom stereocenters. The molecule has 0 saturated heterocycles. The lowest BCUT2D eigenvalue weighted by Gasteiger charge is -1.97. The van der Waals surface area contributed by atoms with Crippen LogP contribution in [-0.2, 0) is 18.3 Å². The van der Waals surface area contributed by atoms with Crippen LogP contribution in [-0.4, -0.2) is 20.6 Å². The largest absolute Gasteiger partial charge is 0.481 e. The van der Waals surface area contributed by atoms with E-state index in [1.54, 1.807) is 7.05 Å². The van der Waals surface area contributed by atoms with Gasteiger partial charge in [0.15, 0.2) is 0 Å². The highest BCUT2D eigenvalue weighted by atomic mass is 35.5. The maximum atomic E-state index is 10.2. The first-order valence-electron chi connectivity index (χ1n) is 2.99. The Labute approximate surface area is 68.4 Å². The molecule has 0 aliphatic rings. The number of carboxylic acid groups (broad SMARTS) is 1. The number of aliphatic carboxylic acids is 1. The van der Waals surface area contributed by atoms with Crippen LogP contribution in [0.3, 0.4) is 0 Å². The van der Waals surface area contributed by atoms with Crippen molar-refractivity contribution in [2.45, 2.75) is 6.42 Å². The van der Waals surface area contributed by atoms with E-state index in [1.165, 1.54) is 10.8 Å². The maximum Gasteiger partial charge on any atom is 0.311 e. The van der Waals surface area contributed by atoms with Crippen molar-refractivity contribution in [1.29, 1.82) is 0 Å². The molecule has 1 aromatic rings. The zero-order valence-corrected chi connectivity index (χ0v) is 6.67. The summed E-state index contributed by atoms with van der Waals surface area (Å²) in [5.74, 6) is -0.446. The first kappa shape index (κ1) is 8.07. The van der Waals surface area contributed by atoms with Gasteiger partial charge in [-0.2, -0.15) is 0 Å². The Morgan fingerprint density at radius 1 is 1.91 bits per heavy atom. The smallest absolute Gasteiger partial charge is 0.311 e. The normalized spacial score (nSPS) is 10.0. The number of rotatable bonds is 2. The number of imidazole rings is 1. The standard InChI is InChI=1S/C6H7ClN2O2/c1-9-4(7)3-8-5(9)2-6(10)11/h3H,2H2,1H3,(H,10,11). The van der Waals surface area contributed by atoms with Crippen molar-refractivity contribution < 1.29 is 9.90 Å². The van der Waals surface area contributed by atoms with E-state index in [-0.39, 0.29) is 6.42 Å². The van der Waals surface area contributed by atoms with Gasteiger partial charge < -0.3 is 9.67 Å². The average molecular weight is 175 g/mol. The fraction of sp³-hybridized carbons (Fsp3) is 0.333. The molecule has 1 aromatic heterocycles. The van der Waals surface area contributed by atoms with Crippen LogP contribution in [0.1, 0.15) is 5.82 Å². The summed E-state index contributed by atoms with van der Waals surface area (Å²) in [4.78, 5) is 14.0. The SMILES string of the molecule is Cn1c(Cl)cnc1CC(=O)O. The third-order valence-corrected chi connectivity index (χ3v) is 1.69. The molecule has 0 radical (unpaired) electrons. The van der Waals surface area contributed by atoms with Crippen molar-refractivity contribution in [2.75, 3.05) is 0 Å². The summed E-state index contributed by atoms with van der Waals surface area (Å²) in [6, 6.07) is 0. The molecule has 0 fully saturated rings. The second-order valence-electron chi connectivity index (χ2n) is 2.13. The zero-order valence-electron chi connectivity index (χ0n) is 5.91. The summed E-state index contributed by atoms with van der Waals surface area (Å²) in [5.41, 5.74) is 0. The van der Waals surface area contributed by atoms with Crippen LogP contribution in [0.2, 0.25) is 5.15 Å². The Kier molecular flexibility index (Phi) is 2.14. The Balaban J connectivity index is 2.87. The summed E-state index contributed by atoms with van der Waals surface area (Å²) < 4.78 is 1.54. The number of carboxylic acids is 1.